The number of nitrogens with zero attached hydrogens (tertiary/aromatic N) is 4. The van der Waals surface area contributed by atoms with Crippen molar-refractivity contribution in [3.63, 3.8) is 0 Å². The molecule has 200 valence electrons. The Morgan fingerprint density at radius 3 is 2.73 bits per heavy atom. The normalized spacial score (nSPS) is 21.1. The molecule has 0 aromatic heterocycles. The number of methoxy groups -OCH3 is 1. The number of likely N-dealkylation sites (N-methyl/N-ethyl adjacent to an activating group) is 1. The molecule has 0 unspecified atom stereocenters. The van der Waals surface area contributed by atoms with Crippen LogP contribution < -0.4 is 15.4 Å². The minimum absolute atomic E-state index is 0.122. The number of anilines is 1. The Hall–Kier alpha value is -3.11. The summed E-state index contributed by atoms with van der Waals surface area (Å²) in [6, 6.07) is 5.83. The molecular weight excluding hydrogens is 472 g/mol. The van der Waals surface area contributed by atoms with Crippen LogP contribution in [0.5, 0.6) is 5.75 Å². The van der Waals surface area contributed by atoms with Crippen molar-refractivity contribution in [2.24, 2.45) is 4.99 Å². The topological polar surface area (TPSA) is 106 Å². The number of amides is 2. The molecule has 37 heavy (non-hydrogen) atoms. The molecule has 4 aliphatic rings. The molecule has 10 nitrogen and oxygen atoms in total. The third-order valence-corrected chi connectivity index (χ3v) is 8.10. The van der Waals surface area contributed by atoms with E-state index in [1.807, 2.05) is 18.0 Å². The first-order valence-corrected chi connectivity index (χ1v) is 13.5. The lowest BCUT2D eigenvalue weighted by molar-refractivity contribution is -0.696. The molecule has 10 heteroatoms. The highest BCUT2D eigenvalue weighted by Gasteiger charge is 2.54. The predicted octanol–water partition coefficient (Wildman–Crippen LogP) is 2.09. The number of aliphatic imine (C=N–C) groups is 1. The highest BCUT2D eigenvalue weighted by atomic mass is 16.5. The maximum absolute atomic E-state index is 12.8. The number of carbonyl (C=O) groups is 2. The van der Waals surface area contributed by atoms with Gasteiger partial charge in [0.2, 0.25) is 5.91 Å². The maximum Gasteiger partial charge on any atom is 0.309 e. The van der Waals surface area contributed by atoms with Crippen molar-refractivity contribution in [1.29, 1.82) is 0 Å². The zero-order chi connectivity index (χ0) is 26.0. The van der Waals surface area contributed by atoms with Gasteiger partial charge in [-0.25, -0.2) is 4.48 Å². The van der Waals surface area contributed by atoms with Gasteiger partial charge in [-0.2, -0.15) is 4.99 Å². The standard InChI is InChI=1S/C27H38N6O4/c1-31-22-18-33(14-15-33)27(30-25(22)32(13-11-24(31)35)20-7-3-4-8-20)29-21-10-9-19(17-23(21)37-2)26(36)28-12-5-6-16-34/h9-10,17,20,34H,3-8,11-16,18H2,1-2H3,(H-,28,29,30,36)/p+1. The van der Waals surface area contributed by atoms with Crippen LogP contribution in [0.4, 0.5) is 5.69 Å². The minimum atomic E-state index is -0.166. The second-order valence-electron chi connectivity index (χ2n) is 10.5. The van der Waals surface area contributed by atoms with E-state index in [-0.39, 0.29) is 18.4 Å². The molecule has 0 atom stereocenters. The van der Waals surface area contributed by atoms with Gasteiger partial charge in [0.25, 0.3) is 5.91 Å². The molecule has 0 radical (unpaired) electrons. The van der Waals surface area contributed by atoms with Crippen LogP contribution >= 0.6 is 0 Å². The van der Waals surface area contributed by atoms with E-state index in [1.165, 1.54) is 12.8 Å². The molecule has 3 N–H and O–H groups in total. The number of nitrogens with one attached hydrogen (secondary N) is 2. The number of quaternary nitrogens is 1. The summed E-state index contributed by atoms with van der Waals surface area (Å²) in [5.74, 6) is 2.36. The van der Waals surface area contributed by atoms with Crippen LogP contribution in [0.15, 0.2) is 34.7 Å². The van der Waals surface area contributed by atoms with Gasteiger partial charge in [0.05, 0.1) is 12.8 Å². The van der Waals surface area contributed by atoms with Gasteiger partial charge >= 0.3 is 5.96 Å². The first-order chi connectivity index (χ1) is 18.0. The number of aliphatic hydroxyl groups is 1. The van der Waals surface area contributed by atoms with Crippen LogP contribution in [0.2, 0.25) is 0 Å². The lowest BCUT2D eigenvalue weighted by atomic mass is 10.1. The Balaban J connectivity index is 1.41. The van der Waals surface area contributed by atoms with Crippen LogP contribution in [-0.4, -0.2) is 96.7 Å². The van der Waals surface area contributed by atoms with E-state index in [0.717, 1.165) is 62.1 Å². The number of carbonyl (C=O) groups excluding carboxylic acids is 2. The molecule has 3 heterocycles. The van der Waals surface area contributed by atoms with E-state index < -0.39 is 0 Å². The average molecular weight is 512 g/mol. The van der Waals surface area contributed by atoms with Crippen LogP contribution in [0.25, 0.3) is 0 Å². The van der Waals surface area contributed by atoms with Gasteiger partial charge in [-0.15, -0.1) is 0 Å². The summed E-state index contributed by atoms with van der Waals surface area (Å²) in [6.45, 7) is 4.01. The van der Waals surface area contributed by atoms with E-state index in [0.29, 0.717) is 47.8 Å². The Kier molecular flexibility index (Phi) is 7.39. The Labute approximate surface area is 218 Å². The molecule has 1 saturated carbocycles. The highest BCUT2D eigenvalue weighted by Crippen LogP contribution is 2.38. The largest absolute Gasteiger partial charge is 0.495 e. The summed E-state index contributed by atoms with van der Waals surface area (Å²) in [6.07, 6.45) is 6.64. The quantitative estimate of drug-likeness (QED) is 0.280. The van der Waals surface area contributed by atoms with Gasteiger partial charge < -0.3 is 25.0 Å². The van der Waals surface area contributed by atoms with E-state index in [1.54, 1.807) is 19.2 Å². The molecule has 1 aliphatic carbocycles. The molecule has 1 aromatic rings. The number of aliphatic hydroxyl groups excluding tert-OH is 1. The van der Waals surface area contributed by atoms with Gasteiger partial charge in [-0.1, -0.05) is 12.8 Å². The smallest absolute Gasteiger partial charge is 0.309 e. The van der Waals surface area contributed by atoms with Gasteiger partial charge in [0.15, 0.2) is 5.82 Å². The fourth-order valence-electron chi connectivity index (χ4n) is 5.64. The van der Waals surface area contributed by atoms with Crippen molar-refractivity contribution in [3.8, 4) is 5.75 Å². The third-order valence-electron chi connectivity index (χ3n) is 8.10. The van der Waals surface area contributed by atoms with Crippen LogP contribution in [0.3, 0.4) is 0 Å². The third kappa shape index (κ3) is 5.17. The second kappa shape index (κ2) is 10.7. The number of hydrogen-bond acceptors (Lipinski definition) is 7. The number of unbranched alkanes of at least 4 members (excludes halogenated alkanes) is 1. The Morgan fingerprint density at radius 2 is 2.03 bits per heavy atom. The van der Waals surface area contributed by atoms with Crippen molar-refractivity contribution in [3.05, 3.63) is 35.3 Å². The molecule has 0 bridgehead atoms. The number of hydrogen-bond donors (Lipinski definition) is 3. The zero-order valence-electron chi connectivity index (χ0n) is 22.0. The minimum Gasteiger partial charge on any atom is -0.495 e. The molecule has 5 rings (SSSR count). The van der Waals surface area contributed by atoms with E-state index >= 15 is 0 Å². The number of benzene rings is 1. The molecular formula is C27H39N6O4+. The summed E-state index contributed by atoms with van der Waals surface area (Å²) in [5, 5.41) is 15.4. The van der Waals surface area contributed by atoms with E-state index in [9.17, 15) is 9.59 Å². The number of rotatable bonds is 8. The molecule has 1 saturated heterocycles. The van der Waals surface area contributed by atoms with Crippen molar-refractivity contribution < 1.29 is 23.9 Å². The zero-order valence-corrected chi connectivity index (χ0v) is 22.0. The molecule has 2 amide bonds. The molecule has 1 spiro atoms. The first-order valence-electron chi connectivity index (χ1n) is 13.5. The van der Waals surface area contributed by atoms with Gasteiger partial charge in [0, 0.05) is 44.8 Å². The SMILES string of the molecule is COc1cc(C(=O)NCCCCO)ccc1NC1=NC2=C(C[N+]13CC3)N(C)C(=O)CCN2C1CCCC1. The van der Waals surface area contributed by atoms with Gasteiger partial charge in [0.1, 0.15) is 31.1 Å². The lowest BCUT2D eigenvalue weighted by Gasteiger charge is -2.35. The summed E-state index contributed by atoms with van der Waals surface area (Å²) < 4.78 is 6.34. The fraction of sp³-hybridized carbons (Fsp3) is 0.593. The monoisotopic (exact) mass is 511 g/mol. The second-order valence-corrected chi connectivity index (χ2v) is 10.5. The fourth-order valence-corrected chi connectivity index (χ4v) is 5.64. The highest BCUT2D eigenvalue weighted by molar-refractivity contribution is 5.97. The predicted molar refractivity (Wildman–Crippen MR) is 141 cm³/mol. The molecule has 3 aliphatic heterocycles. The van der Waals surface area contributed by atoms with Crippen LogP contribution in [0.1, 0.15) is 55.3 Å². The Bertz CT molecular complexity index is 1110. The molecule has 1 aromatic carbocycles. The summed E-state index contributed by atoms with van der Waals surface area (Å²) >= 11 is 0. The summed E-state index contributed by atoms with van der Waals surface area (Å²) in [5.41, 5.74) is 2.31. The lowest BCUT2D eigenvalue weighted by Crippen LogP contribution is -2.48. The first kappa shape index (κ1) is 25.5. The van der Waals surface area contributed by atoms with Crippen LogP contribution in [-0.2, 0) is 4.79 Å². The number of guanidine groups is 1. The van der Waals surface area contributed by atoms with Crippen molar-refractivity contribution in [1.82, 2.24) is 15.1 Å². The Morgan fingerprint density at radius 1 is 1.24 bits per heavy atom. The summed E-state index contributed by atoms with van der Waals surface area (Å²) in [4.78, 5) is 34.8. The van der Waals surface area contributed by atoms with E-state index in [4.69, 9.17) is 14.8 Å². The van der Waals surface area contributed by atoms with Crippen LogP contribution in [0, 0.1) is 0 Å². The molecule has 2 fully saturated rings. The maximum atomic E-state index is 12.8. The van der Waals surface area contributed by atoms with Gasteiger partial charge in [-0.3, -0.25) is 14.9 Å². The average Bonchev–Trinajstić information content (AvgIpc) is 3.50. The van der Waals surface area contributed by atoms with Gasteiger partial charge in [-0.05, 0) is 43.9 Å². The van der Waals surface area contributed by atoms with E-state index in [2.05, 4.69) is 15.5 Å². The number of ether oxygens (including phenoxy) is 1. The van der Waals surface area contributed by atoms with Crippen molar-refractivity contribution in [2.45, 2.75) is 51.0 Å². The van der Waals surface area contributed by atoms with Crippen molar-refractivity contribution >= 4 is 23.5 Å². The summed E-state index contributed by atoms with van der Waals surface area (Å²) in [7, 11) is 3.49. The van der Waals surface area contributed by atoms with Crippen molar-refractivity contribution in [2.75, 3.05) is 58.8 Å².